The fourth-order valence-electron chi connectivity index (χ4n) is 4.63. The van der Waals surface area contributed by atoms with Crippen LogP contribution in [0.1, 0.15) is 26.3 Å². The van der Waals surface area contributed by atoms with Gasteiger partial charge in [-0.15, -0.1) is 0 Å². The van der Waals surface area contributed by atoms with E-state index in [1.807, 2.05) is 0 Å². The first-order chi connectivity index (χ1) is 18.3. The molecule has 0 fully saturated rings. The van der Waals surface area contributed by atoms with Gasteiger partial charge in [0.1, 0.15) is 16.3 Å². The summed E-state index contributed by atoms with van der Waals surface area (Å²) in [7, 11) is -2.76. The number of hydrogen-bond acceptors (Lipinski definition) is 6. The molecule has 1 aromatic heterocycles. The maximum absolute atomic E-state index is 13.7. The van der Waals surface area contributed by atoms with Gasteiger partial charge >= 0.3 is 0 Å². The summed E-state index contributed by atoms with van der Waals surface area (Å²) in [4.78, 5) is 26.5. The van der Waals surface area contributed by atoms with Gasteiger partial charge in [-0.3, -0.25) is 14.3 Å². The number of aromatic nitrogens is 2. The normalized spacial score (nSPS) is 12.3. The van der Waals surface area contributed by atoms with Crippen LogP contribution in [0.25, 0.3) is 22.2 Å². The monoisotopic (exact) mass is 543 g/mol. The summed E-state index contributed by atoms with van der Waals surface area (Å²) < 4.78 is 35.4. The molecule has 6 rings (SSSR count). The van der Waals surface area contributed by atoms with Crippen molar-refractivity contribution in [1.29, 1.82) is 0 Å². The highest BCUT2D eigenvalue weighted by Crippen LogP contribution is 2.39. The Balaban J connectivity index is 1.45. The molecule has 0 atom stereocenters. The van der Waals surface area contributed by atoms with Crippen molar-refractivity contribution in [2.75, 3.05) is 11.8 Å². The van der Waals surface area contributed by atoms with Crippen LogP contribution in [0.3, 0.4) is 0 Å². The lowest BCUT2D eigenvalue weighted by atomic mass is 9.87. The van der Waals surface area contributed by atoms with Gasteiger partial charge in [0.2, 0.25) is 0 Å². The summed E-state index contributed by atoms with van der Waals surface area (Å²) in [5.41, 5.74) is 2.82. The molecule has 10 heteroatoms. The molecule has 0 saturated carbocycles. The second kappa shape index (κ2) is 8.83. The molecular formula is C28H18ClN3O5S. The quantitative estimate of drug-likeness (QED) is 0.312. The van der Waals surface area contributed by atoms with Crippen molar-refractivity contribution in [2.24, 2.45) is 0 Å². The van der Waals surface area contributed by atoms with E-state index in [1.54, 1.807) is 66.7 Å². The predicted molar refractivity (Wildman–Crippen MR) is 144 cm³/mol. The van der Waals surface area contributed by atoms with E-state index in [-0.39, 0.29) is 27.0 Å². The number of sulfonamides is 1. The van der Waals surface area contributed by atoms with E-state index < -0.39 is 15.9 Å². The number of carbonyl (C=O) groups excluding carboxylic acids is 2. The van der Waals surface area contributed by atoms with Crippen LogP contribution >= 0.6 is 11.6 Å². The number of ether oxygens (including phenoxy) is 1. The fourth-order valence-corrected chi connectivity index (χ4v) is 6.23. The standard InChI is InChI=1S/C28H18ClN3O5S/c1-37-23-12-5-4-10-21(23)31-38(35,36)24-15-16(13-14-20(24)29)28(34)32-22-11-6-9-19-25(22)26(30-32)17-7-2-3-8-18(17)27(19)33/h2-15,31H,1H3. The maximum atomic E-state index is 13.7. The highest BCUT2D eigenvalue weighted by Gasteiger charge is 2.30. The number of ketones is 1. The van der Waals surface area contributed by atoms with E-state index in [2.05, 4.69) is 9.82 Å². The third-order valence-electron chi connectivity index (χ3n) is 6.39. The molecule has 38 heavy (non-hydrogen) atoms. The maximum Gasteiger partial charge on any atom is 0.278 e. The van der Waals surface area contributed by atoms with Crippen LogP contribution in [0.2, 0.25) is 5.02 Å². The van der Waals surface area contributed by atoms with Crippen LogP contribution in [-0.4, -0.2) is 37.0 Å². The molecule has 0 saturated heterocycles. The van der Waals surface area contributed by atoms with E-state index in [1.165, 1.54) is 30.0 Å². The van der Waals surface area contributed by atoms with Crippen molar-refractivity contribution >= 4 is 49.9 Å². The van der Waals surface area contributed by atoms with Crippen molar-refractivity contribution in [2.45, 2.75) is 4.90 Å². The van der Waals surface area contributed by atoms with Gasteiger partial charge in [0.05, 0.1) is 23.3 Å². The molecule has 188 valence electrons. The zero-order chi connectivity index (χ0) is 26.6. The number of fused-ring (bicyclic) bond motifs is 2. The minimum absolute atomic E-state index is 0.0509. The molecule has 1 N–H and O–H groups in total. The molecule has 0 spiro atoms. The van der Waals surface area contributed by atoms with E-state index in [0.29, 0.717) is 39.0 Å². The number of anilines is 1. The van der Waals surface area contributed by atoms with Crippen LogP contribution in [0.4, 0.5) is 5.69 Å². The number of benzene rings is 4. The summed E-state index contributed by atoms with van der Waals surface area (Å²) in [6.45, 7) is 0. The molecule has 5 aromatic rings. The Morgan fingerprint density at radius 2 is 1.63 bits per heavy atom. The lowest BCUT2D eigenvalue weighted by Gasteiger charge is -2.13. The van der Waals surface area contributed by atoms with Gasteiger partial charge in [-0.2, -0.15) is 9.78 Å². The summed E-state index contributed by atoms with van der Waals surface area (Å²) in [6.07, 6.45) is 0. The first-order valence-electron chi connectivity index (χ1n) is 11.5. The summed E-state index contributed by atoms with van der Waals surface area (Å²) >= 11 is 6.27. The van der Waals surface area contributed by atoms with Gasteiger partial charge in [-0.25, -0.2) is 8.42 Å². The number of carbonyl (C=O) groups is 2. The highest BCUT2D eigenvalue weighted by atomic mass is 35.5. The highest BCUT2D eigenvalue weighted by molar-refractivity contribution is 7.92. The first-order valence-corrected chi connectivity index (χ1v) is 13.3. The number of hydrogen-bond donors (Lipinski definition) is 1. The molecular weight excluding hydrogens is 526 g/mol. The first kappa shape index (κ1) is 23.9. The van der Waals surface area contributed by atoms with Crippen molar-refractivity contribution in [1.82, 2.24) is 9.78 Å². The molecule has 8 nitrogen and oxygen atoms in total. The third-order valence-corrected chi connectivity index (χ3v) is 8.24. The second-order valence-corrected chi connectivity index (χ2v) is 10.6. The number of nitrogens with zero attached hydrogens (tertiary/aromatic N) is 2. The zero-order valence-electron chi connectivity index (χ0n) is 19.8. The van der Waals surface area contributed by atoms with Gasteiger partial charge in [-0.1, -0.05) is 60.1 Å². The Bertz CT molecular complexity index is 1910. The fraction of sp³-hybridized carbons (Fsp3) is 0.0357. The van der Waals surface area contributed by atoms with Gasteiger partial charge in [0, 0.05) is 27.6 Å². The molecule has 1 heterocycles. The number of methoxy groups -OCH3 is 1. The lowest BCUT2D eigenvalue weighted by Crippen LogP contribution is -2.17. The average Bonchev–Trinajstić information content (AvgIpc) is 3.32. The minimum Gasteiger partial charge on any atom is -0.495 e. The molecule has 0 amide bonds. The molecule has 0 unspecified atom stereocenters. The van der Waals surface area contributed by atoms with Crippen molar-refractivity contribution in [3.05, 3.63) is 107 Å². The summed E-state index contributed by atoms with van der Waals surface area (Å²) in [6, 6.07) is 22.7. The molecule has 4 aromatic carbocycles. The van der Waals surface area contributed by atoms with Crippen molar-refractivity contribution < 1.29 is 22.7 Å². The third kappa shape index (κ3) is 3.67. The van der Waals surface area contributed by atoms with E-state index in [0.717, 1.165) is 0 Å². The van der Waals surface area contributed by atoms with Crippen LogP contribution < -0.4 is 9.46 Å². The largest absolute Gasteiger partial charge is 0.495 e. The number of halogens is 1. The van der Waals surface area contributed by atoms with Crippen LogP contribution in [0.5, 0.6) is 5.75 Å². The Kier molecular flexibility index (Phi) is 5.55. The molecule has 0 bridgehead atoms. The number of nitrogens with one attached hydrogen (secondary N) is 1. The zero-order valence-corrected chi connectivity index (χ0v) is 21.4. The number of rotatable bonds is 5. The Morgan fingerprint density at radius 3 is 2.42 bits per heavy atom. The van der Waals surface area contributed by atoms with Gasteiger partial charge in [0.15, 0.2) is 5.78 Å². The topological polar surface area (TPSA) is 107 Å². The summed E-state index contributed by atoms with van der Waals surface area (Å²) in [5, 5.41) is 5.09. The van der Waals surface area contributed by atoms with Crippen LogP contribution in [-0.2, 0) is 10.0 Å². The Hall–Kier alpha value is -4.47. The van der Waals surface area contributed by atoms with E-state index in [4.69, 9.17) is 16.3 Å². The van der Waals surface area contributed by atoms with Crippen molar-refractivity contribution in [3.63, 3.8) is 0 Å². The molecule has 1 aliphatic carbocycles. The average molecular weight is 544 g/mol. The van der Waals surface area contributed by atoms with Gasteiger partial charge < -0.3 is 4.74 Å². The summed E-state index contributed by atoms with van der Waals surface area (Å²) in [5.74, 6) is -0.394. The van der Waals surface area contributed by atoms with Gasteiger partial charge in [-0.05, 0) is 36.4 Å². The van der Waals surface area contributed by atoms with Crippen LogP contribution in [0.15, 0.2) is 89.8 Å². The van der Waals surface area contributed by atoms with E-state index in [9.17, 15) is 18.0 Å². The smallest absolute Gasteiger partial charge is 0.278 e. The molecule has 0 radical (unpaired) electrons. The molecule has 0 aliphatic heterocycles. The van der Waals surface area contributed by atoms with E-state index >= 15 is 0 Å². The number of para-hydroxylation sites is 2. The van der Waals surface area contributed by atoms with Gasteiger partial charge in [0.25, 0.3) is 15.9 Å². The van der Waals surface area contributed by atoms with Crippen molar-refractivity contribution in [3.8, 4) is 17.0 Å². The lowest BCUT2D eigenvalue weighted by molar-refractivity contribution is 0.0950. The Morgan fingerprint density at radius 1 is 0.921 bits per heavy atom. The Labute approximate surface area is 222 Å². The SMILES string of the molecule is COc1ccccc1NS(=O)(=O)c1cc(C(=O)n2nc3c4c(cccc42)C(=O)c2ccccc2-3)ccc1Cl. The predicted octanol–water partition coefficient (Wildman–Crippen LogP) is 5.40. The minimum atomic E-state index is -4.19. The molecule has 1 aliphatic rings. The van der Waals surface area contributed by atoms with Crippen LogP contribution in [0, 0.1) is 0 Å². The second-order valence-electron chi connectivity index (χ2n) is 8.59.